The SMILES string of the molecule is O=C1N[C@H]2[C@H](CS[C@H]2CCCCC(=O)OCc2cc([N+](=O)[O-])cs2)N1. The minimum Gasteiger partial charge on any atom is -0.460 e. The van der Waals surface area contributed by atoms with E-state index >= 15 is 0 Å². The molecule has 25 heavy (non-hydrogen) atoms. The van der Waals surface area contributed by atoms with Crippen LogP contribution in [-0.2, 0) is 16.1 Å². The molecule has 2 saturated heterocycles. The van der Waals surface area contributed by atoms with Gasteiger partial charge in [-0.1, -0.05) is 6.42 Å². The Balaban J connectivity index is 1.30. The third-order valence-electron chi connectivity index (χ3n) is 4.28. The summed E-state index contributed by atoms with van der Waals surface area (Å²) in [5.74, 6) is 0.645. The highest BCUT2D eigenvalue weighted by Crippen LogP contribution is 2.33. The van der Waals surface area contributed by atoms with E-state index in [1.165, 1.54) is 22.8 Å². The van der Waals surface area contributed by atoms with E-state index in [4.69, 9.17) is 4.74 Å². The first-order valence-electron chi connectivity index (χ1n) is 8.09. The number of nitrogens with one attached hydrogen (secondary N) is 2. The molecule has 0 aliphatic carbocycles. The van der Waals surface area contributed by atoms with E-state index in [0.29, 0.717) is 16.5 Å². The Bertz CT molecular complexity index is 665. The van der Waals surface area contributed by atoms with Crippen molar-refractivity contribution in [3.63, 3.8) is 0 Å². The number of hydrogen-bond acceptors (Lipinski definition) is 7. The normalized spacial score (nSPS) is 24.5. The molecule has 10 heteroatoms. The van der Waals surface area contributed by atoms with E-state index in [-0.39, 0.29) is 36.4 Å². The molecule has 136 valence electrons. The van der Waals surface area contributed by atoms with E-state index in [0.717, 1.165) is 25.0 Å². The van der Waals surface area contributed by atoms with Gasteiger partial charge in [0.05, 0.1) is 22.4 Å². The fraction of sp³-hybridized carbons (Fsp3) is 0.600. The summed E-state index contributed by atoms with van der Waals surface area (Å²) in [5.41, 5.74) is 0.0249. The molecule has 0 spiro atoms. The van der Waals surface area contributed by atoms with E-state index < -0.39 is 4.92 Å². The molecule has 1 aromatic heterocycles. The number of carbonyl (C=O) groups excluding carboxylic acids is 2. The van der Waals surface area contributed by atoms with Crippen LogP contribution in [0.5, 0.6) is 0 Å². The lowest BCUT2D eigenvalue weighted by atomic mass is 10.0. The molecule has 2 amide bonds. The van der Waals surface area contributed by atoms with Gasteiger partial charge in [0.1, 0.15) is 6.61 Å². The van der Waals surface area contributed by atoms with Crippen molar-refractivity contribution in [1.82, 2.24) is 10.6 Å². The quantitative estimate of drug-likeness (QED) is 0.234. The van der Waals surface area contributed by atoms with Crippen LogP contribution in [0.1, 0.15) is 30.6 Å². The van der Waals surface area contributed by atoms with Crippen LogP contribution in [0.3, 0.4) is 0 Å². The number of thiophene rings is 1. The predicted octanol–water partition coefficient (Wildman–Crippen LogP) is 2.43. The van der Waals surface area contributed by atoms with Crippen LogP contribution < -0.4 is 10.6 Å². The second kappa shape index (κ2) is 8.05. The Labute approximate surface area is 152 Å². The van der Waals surface area contributed by atoms with Crippen molar-refractivity contribution < 1.29 is 19.2 Å². The minimum absolute atomic E-state index is 0.0249. The lowest BCUT2D eigenvalue weighted by Crippen LogP contribution is -2.36. The van der Waals surface area contributed by atoms with Crippen LogP contribution >= 0.6 is 23.1 Å². The van der Waals surface area contributed by atoms with Crippen LogP contribution in [0.4, 0.5) is 10.5 Å². The van der Waals surface area contributed by atoms with Gasteiger partial charge in [-0.25, -0.2) is 4.79 Å². The fourth-order valence-corrected chi connectivity index (χ4v) is 5.31. The first-order valence-corrected chi connectivity index (χ1v) is 10.0. The summed E-state index contributed by atoms with van der Waals surface area (Å²) in [6.07, 6.45) is 2.93. The zero-order valence-electron chi connectivity index (χ0n) is 13.4. The predicted molar refractivity (Wildman–Crippen MR) is 94.7 cm³/mol. The average Bonchev–Trinajstić information content (AvgIpc) is 3.26. The lowest BCUT2D eigenvalue weighted by molar-refractivity contribution is -0.384. The maximum absolute atomic E-state index is 11.8. The van der Waals surface area contributed by atoms with Crippen molar-refractivity contribution in [2.24, 2.45) is 0 Å². The number of ether oxygens (including phenoxy) is 1. The maximum atomic E-state index is 11.8. The molecule has 0 aromatic carbocycles. The van der Waals surface area contributed by atoms with E-state index in [1.54, 1.807) is 0 Å². The van der Waals surface area contributed by atoms with E-state index in [2.05, 4.69) is 10.6 Å². The van der Waals surface area contributed by atoms with Crippen LogP contribution in [0.2, 0.25) is 0 Å². The molecule has 0 radical (unpaired) electrons. The van der Waals surface area contributed by atoms with Gasteiger partial charge in [-0.2, -0.15) is 11.8 Å². The zero-order chi connectivity index (χ0) is 17.8. The molecular weight excluding hydrogens is 366 g/mol. The number of esters is 1. The Morgan fingerprint density at radius 3 is 3.00 bits per heavy atom. The van der Waals surface area contributed by atoms with E-state index in [1.807, 2.05) is 11.8 Å². The summed E-state index contributed by atoms with van der Waals surface area (Å²) in [7, 11) is 0. The van der Waals surface area contributed by atoms with Gasteiger partial charge in [-0.15, -0.1) is 11.3 Å². The van der Waals surface area contributed by atoms with Gasteiger partial charge in [0.2, 0.25) is 0 Å². The number of nitro groups is 1. The molecule has 2 aliphatic rings. The summed E-state index contributed by atoms with van der Waals surface area (Å²) >= 11 is 3.07. The molecule has 3 atom stereocenters. The van der Waals surface area contributed by atoms with E-state index in [9.17, 15) is 19.7 Å². The van der Waals surface area contributed by atoms with Gasteiger partial charge in [-0.3, -0.25) is 14.9 Å². The Morgan fingerprint density at radius 2 is 2.24 bits per heavy atom. The summed E-state index contributed by atoms with van der Waals surface area (Å²) in [4.78, 5) is 33.9. The molecule has 0 saturated carbocycles. The highest BCUT2D eigenvalue weighted by Gasteiger charge is 2.42. The topological polar surface area (TPSA) is 111 Å². The van der Waals surface area contributed by atoms with Crippen molar-refractivity contribution in [1.29, 1.82) is 0 Å². The van der Waals surface area contributed by atoms with Gasteiger partial charge >= 0.3 is 12.0 Å². The molecule has 2 N–H and O–H groups in total. The van der Waals surface area contributed by atoms with Crippen molar-refractivity contribution in [3.05, 3.63) is 26.4 Å². The zero-order valence-corrected chi connectivity index (χ0v) is 15.1. The lowest BCUT2D eigenvalue weighted by Gasteiger charge is -2.16. The molecule has 3 rings (SSSR count). The molecular formula is C15H19N3O5S2. The van der Waals surface area contributed by atoms with Crippen molar-refractivity contribution in [2.45, 2.75) is 49.6 Å². The standard InChI is InChI=1S/C15H19N3O5S2/c19-13(23-6-10-5-9(7-24-10)18(21)22)4-2-1-3-12-14-11(8-25-12)16-15(20)17-14/h5,7,11-12,14H,1-4,6,8H2,(H2,16,17,20)/t11-,12-,14-/m0/s1. The molecule has 2 aliphatic heterocycles. The number of hydrogen-bond donors (Lipinski definition) is 2. The van der Waals surface area contributed by atoms with Gasteiger partial charge in [0.25, 0.3) is 5.69 Å². The van der Waals surface area contributed by atoms with Crippen molar-refractivity contribution >= 4 is 40.8 Å². The first kappa shape index (κ1) is 18.0. The molecule has 0 unspecified atom stereocenters. The largest absolute Gasteiger partial charge is 0.460 e. The highest BCUT2D eigenvalue weighted by molar-refractivity contribution is 8.00. The number of fused-ring (bicyclic) bond motifs is 1. The van der Waals surface area contributed by atoms with Crippen molar-refractivity contribution in [3.8, 4) is 0 Å². The smallest absolute Gasteiger partial charge is 0.315 e. The molecule has 3 heterocycles. The number of unbranched alkanes of at least 4 members (excludes halogenated alkanes) is 1. The summed E-state index contributed by atoms with van der Waals surface area (Å²) in [6, 6.07) is 1.76. The van der Waals surface area contributed by atoms with Crippen LogP contribution in [0, 0.1) is 10.1 Å². The number of thioether (sulfide) groups is 1. The highest BCUT2D eigenvalue weighted by atomic mass is 32.2. The minimum atomic E-state index is -0.463. The second-order valence-electron chi connectivity index (χ2n) is 6.06. The van der Waals surface area contributed by atoms with Crippen LogP contribution in [-0.4, -0.2) is 40.0 Å². The third-order valence-corrected chi connectivity index (χ3v) is 6.69. The Kier molecular flexibility index (Phi) is 5.79. The van der Waals surface area contributed by atoms with Gasteiger partial charge in [0.15, 0.2) is 0 Å². The maximum Gasteiger partial charge on any atom is 0.315 e. The molecule has 1 aromatic rings. The number of amides is 2. The molecule has 2 fully saturated rings. The Morgan fingerprint density at radius 1 is 1.40 bits per heavy atom. The van der Waals surface area contributed by atoms with Crippen LogP contribution in [0.25, 0.3) is 0 Å². The van der Waals surface area contributed by atoms with Gasteiger partial charge < -0.3 is 15.4 Å². The summed E-state index contributed by atoms with van der Waals surface area (Å²) < 4.78 is 5.15. The average molecular weight is 385 g/mol. The summed E-state index contributed by atoms with van der Waals surface area (Å²) in [5, 5.41) is 18.3. The first-order chi connectivity index (χ1) is 12.0. The summed E-state index contributed by atoms with van der Waals surface area (Å²) in [6.45, 7) is 0.0806. The molecule has 0 bridgehead atoms. The Hall–Kier alpha value is -1.81. The fourth-order valence-electron chi connectivity index (χ4n) is 3.02. The monoisotopic (exact) mass is 385 g/mol. The number of rotatable bonds is 8. The van der Waals surface area contributed by atoms with Gasteiger partial charge in [-0.05, 0) is 12.8 Å². The number of nitrogens with zero attached hydrogens (tertiary/aromatic N) is 1. The molecule has 8 nitrogen and oxygen atoms in total. The van der Waals surface area contributed by atoms with Crippen LogP contribution in [0.15, 0.2) is 11.4 Å². The van der Waals surface area contributed by atoms with Crippen molar-refractivity contribution in [2.75, 3.05) is 5.75 Å². The number of urea groups is 1. The van der Waals surface area contributed by atoms with Gasteiger partial charge in [0, 0.05) is 28.4 Å². The number of carbonyl (C=O) groups is 2. The third kappa shape index (κ3) is 4.63. The second-order valence-corrected chi connectivity index (χ2v) is 8.32.